The minimum Gasteiger partial charge on any atom is -0.269 e. The van der Waals surface area contributed by atoms with E-state index in [-0.39, 0.29) is 5.92 Å². The van der Waals surface area contributed by atoms with Crippen molar-refractivity contribution >= 4 is 27.5 Å². The van der Waals surface area contributed by atoms with E-state index in [2.05, 4.69) is 12.1 Å². The molecule has 140 valence electrons. The first-order chi connectivity index (χ1) is 13.0. The highest BCUT2D eigenvalue weighted by atomic mass is 32.2. The molecule has 27 heavy (non-hydrogen) atoms. The van der Waals surface area contributed by atoms with Crippen LogP contribution in [0.2, 0.25) is 0 Å². The third-order valence-corrected chi connectivity index (χ3v) is 9.12. The molecule has 4 rings (SSSR count). The van der Waals surface area contributed by atoms with Crippen LogP contribution in [0.3, 0.4) is 0 Å². The van der Waals surface area contributed by atoms with Crippen LogP contribution in [0.25, 0.3) is 0 Å². The van der Waals surface area contributed by atoms with Gasteiger partial charge in [-0.3, -0.25) is 4.31 Å². The van der Waals surface area contributed by atoms with Crippen molar-refractivity contribution in [1.29, 1.82) is 0 Å². The molecule has 1 heterocycles. The fraction of sp³-hybridized carbons (Fsp3) is 0.273. The Morgan fingerprint density at radius 3 is 2.63 bits per heavy atom. The molecular formula is C22H23NO2S2. The number of hydrogen-bond donors (Lipinski definition) is 0. The normalized spacial score (nSPS) is 24.2. The molecule has 5 heteroatoms. The molecular weight excluding hydrogens is 374 g/mol. The molecule has 0 spiro atoms. The van der Waals surface area contributed by atoms with Gasteiger partial charge in [-0.15, -0.1) is 11.8 Å². The molecule has 2 aromatic carbocycles. The van der Waals surface area contributed by atoms with Crippen LogP contribution in [0.4, 0.5) is 5.69 Å². The van der Waals surface area contributed by atoms with Gasteiger partial charge in [0.2, 0.25) is 10.0 Å². The van der Waals surface area contributed by atoms with Crippen molar-refractivity contribution in [3.8, 4) is 0 Å². The van der Waals surface area contributed by atoms with Gasteiger partial charge in [-0.1, -0.05) is 60.7 Å². The number of fused-ring (bicyclic) bond motifs is 1. The number of benzene rings is 2. The van der Waals surface area contributed by atoms with Gasteiger partial charge in [0.25, 0.3) is 0 Å². The third kappa shape index (κ3) is 3.23. The molecule has 1 aliphatic heterocycles. The molecule has 2 aromatic rings. The highest BCUT2D eigenvalue weighted by Crippen LogP contribution is 2.41. The van der Waals surface area contributed by atoms with Crippen molar-refractivity contribution in [2.45, 2.75) is 23.0 Å². The summed E-state index contributed by atoms with van der Waals surface area (Å²) in [6, 6.07) is 18.0. The standard InChI is InChI=1S/C22H23NO2S2/c1-22(27(24,25)23-16-14-18-9-5-6-13-21(18)23)15-8-7-10-19(22)17-26-20-11-3-2-4-12-20/h2-13,15,19H,14,16-17H2,1H3. The smallest absolute Gasteiger partial charge is 0.244 e. The Balaban J connectivity index is 1.63. The Bertz CT molecular complexity index is 982. The fourth-order valence-corrected chi connectivity index (χ4v) is 7.08. The lowest BCUT2D eigenvalue weighted by Crippen LogP contribution is -2.50. The number of hydrogen-bond acceptors (Lipinski definition) is 3. The fourth-order valence-electron chi connectivity index (χ4n) is 3.76. The maximum atomic E-state index is 13.7. The predicted octanol–water partition coefficient (Wildman–Crippen LogP) is 4.67. The summed E-state index contributed by atoms with van der Waals surface area (Å²) in [5.74, 6) is 0.626. The highest BCUT2D eigenvalue weighted by molar-refractivity contribution is 7.99. The van der Waals surface area contributed by atoms with Crippen LogP contribution >= 0.6 is 11.8 Å². The van der Waals surface area contributed by atoms with Gasteiger partial charge in [-0.2, -0.15) is 0 Å². The number of para-hydroxylation sites is 1. The van der Waals surface area contributed by atoms with Gasteiger partial charge in [0, 0.05) is 23.1 Å². The molecule has 3 nitrogen and oxygen atoms in total. The van der Waals surface area contributed by atoms with Crippen LogP contribution in [0, 0.1) is 5.92 Å². The molecule has 0 radical (unpaired) electrons. The summed E-state index contributed by atoms with van der Waals surface area (Å²) >= 11 is 1.71. The van der Waals surface area contributed by atoms with Gasteiger partial charge in [0.1, 0.15) is 4.75 Å². The monoisotopic (exact) mass is 397 g/mol. The van der Waals surface area contributed by atoms with Gasteiger partial charge in [0.15, 0.2) is 0 Å². The number of anilines is 1. The lowest BCUT2D eigenvalue weighted by atomic mass is 9.91. The summed E-state index contributed by atoms with van der Waals surface area (Å²) in [6.45, 7) is 2.38. The summed E-state index contributed by atoms with van der Waals surface area (Å²) in [4.78, 5) is 1.16. The van der Waals surface area contributed by atoms with Crippen LogP contribution < -0.4 is 4.31 Å². The lowest BCUT2D eigenvalue weighted by molar-refractivity contribution is 0.514. The summed E-state index contributed by atoms with van der Waals surface area (Å²) in [6.07, 6.45) is 8.50. The zero-order chi connectivity index (χ0) is 18.9. The van der Waals surface area contributed by atoms with Crippen molar-refractivity contribution in [3.05, 3.63) is 84.5 Å². The van der Waals surface area contributed by atoms with Gasteiger partial charge >= 0.3 is 0 Å². The minimum atomic E-state index is -3.55. The Hall–Kier alpha value is -1.98. The Kier molecular flexibility index (Phi) is 4.91. The second kappa shape index (κ2) is 7.21. The molecule has 0 N–H and O–H groups in total. The van der Waals surface area contributed by atoms with Crippen LogP contribution in [-0.4, -0.2) is 25.5 Å². The van der Waals surface area contributed by atoms with Gasteiger partial charge in [-0.25, -0.2) is 8.42 Å². The van der Waals surface area contributed by atoms with Crippen molar-refractivity contribution in [3.63, 3.8) is 0 Å². The number of sulfonamides is 1. The van der Waals surface area contributed by atoms with Crippen molar-refractivity contribution < 1.29 is 8.42 Å². The molecule has 2 atom stereocenters. The third-order valence-electron chi connectivity index (χ3n) is 5.48. The highest BCUT2D eigenvalue weighted by Gasteiger charge is 2.48. The second-order valence-electron chi connectivity index (χ2n) is 7.11. The number of allylic oxidation sites excluding steroid dienone is 3. The molecule has 0 saturated heterocycles. The first-order valence-electron chi connectivity index (χ1n) is 9.16. The maximum Gasteiger partial charge on any atom is 0.244 e. The topological polar surface area (TPSA) is 37.4 Å². The summed E-state index contributed by atoms with van der Waals surface area (Å²) in [5, 5.41) is 0. The lowest BCUT2D eigenvalue weighted by Gasteiger charge is -2.38. The van der Waals surface area contributed by atoms with E-state index in [4.69, 9.17) is 0 Å². The maximum absolute atomic E-state index is 13.7. The van der Waals surface area contributed by atoms with Crippen LogP contribution in [0.1, 0.15) is 12.5 Å². The van der Waals surface area contributed by atoms with E-state index in [1.165, 1.54) is 0 Å². The Morgan fingerprint density at radius 2 is 1.81 bits per heavy atom. The molecule has 0 amide bonds. The van der Waals surface area contributed by atoms with Crippen LogP contribution in [0.15, 0.2) is 83.8 Å². The first kappa shape index (κ1) is 18.4. The van der Waals surface area contributed by atoms with E-state index in [1.54, 1.807) is 16.1 Å². The van der Waals surface area contributed by atoms with E-state index in [9.17, 15) is 8.42 Å². The quantitative estimate of drug-likeness (QED) is 0.688. The first-order valence-corrected chi connectivity index (χ1v) is 11.6. The largest absolute Gasteiger partial charge is 0.269 e. The predicted molar refractivity (Wildman–Crippen MR) is 114 cm³/mol. The van der Waals surface area contributed by atoms with E-state index < -0.39 is 14.8 Å². The summed E-state index contributed by atoms with van der Waals surface area (Å²) in [7, 11) is -3.55. The van der Waals surface area contributed by atoms with Gasteiger partial charge in [-0.05, 0) is 37.1 Å². The molecule has 2 unspecified atom stereocenters. The average molecular weight is 398 g/mol. The molecule has 2 aliphatic rings. The minimum absolute atomic E-state index is 0.0922. The van der Waals surface area contributed by atoms with E-state index in [0.717, 1.165) is 28.3 Å². The van der Waals surface area contributed by atoms with Gasteiger partial charge < -0.3 is 0 Å². The van der Waals surface area contributed by atoms with Gasteiger partial charge in [0.05, 0.1) is 5.69 Å². The van der Waals surface area contributed by atoms with Crippen molar-refractivity contribution in [2.24, 2.45) is 5.92 Å². The zero-order valence-electron chi connectivity index (χ0n) is 15.3. The van der Waals surface area contributed by atoms with Crippen molar-refractivity contribution in [2.75, 3.05) is 16.6 Å². The number of rotatable bonds is 5. The molecule has 0 bridgehead atoms. The van der Waals surface area contributed by atoms with Crippen LogP contribution in [0.5, 0.6) is 0 Å². The van der Waals surface area contributed by atoms with E-state index in [1.807, 2.05) is 73.7 Å². The van der Waals surface area contributed by atoms with E-state index in [0.29, 0.717) is 6.54 Å². The van der Waals surface area contributed by atoms with Crippen LogP contribution in [-0.2, 0) is 16.4 Å². The molecule has 0 aromatic heterocycles. The molecule has 0 fully saturated rings. The SMILES string of the molecule is CC1(S(=O)(=O)N2CCc3ccccc32)C=CC=CC1CSc1ccccc1. The second-order valence-corrected chi connectivity index (χ2v) is 10.5. The summed E-state index contributed by atoms with van der Waals surface area (Å²) < 4.78 is 28.1. The average Bonchev–Trinajstić information content (AvgIpc) is 3.13. The molecule has 0 saturated carbocycles. The van der Waals surface area contributed by atoms with E-state index >= 15 is 0 Å². The number of thioether (sulfide) groups is 1. The number of nitrogens with zero attached hydrogens (tertiary/aromatic N) is 1. The Labute approximate surface area is 165 Å². The molecule has 1 aliphatic carbocycles. The van der Waals surface area contributed by atoms with Crippen molar-refractivity contribution in [1.82, 2.24) is 0 Å². The Morgan fingerprint density at radius 1 is 1.07 bits per heavy atom. The summed E-state index contributed by atoms with van der Waals surface area (Å²) in [5.41, 5.74) is 1.94. The zero-order valence-corrected chi connectivity index (χ0v) is 16.9.